The van der Waals surface area contributed by atoms with Crippen LogP contribution in [0.5, 0.6) is 0 Å². The molecule has 0 aliphatic carbocycles. The molecule has 2 aromatic rings. The lowest BCUT2D eigenvalue weighted by Crippen LogP contribution is -2.28. The number of methoxy groups -OCH3 is 1. The van der Waals surface area contributed by atoms with E-state index in [2.05, 4.69) is 4.98 Å². The Labute approximate surface area is 123 Å². The van der Waals surface area contributed by atoms with Crippen LogP contribution in [0.15, 0.2) is 30.5 Å². The third-order valence-corrected chi connectivity index (χ3v) is 3.47. The lowest BCUT2D eigenvalue weighted by Gasteiger charge is -2.18. The van der Waals surface area contributed by atoms with E-state index in [0.29, 0.717) is 29.3 Å². The van der Waals surface area contributed by atoms with Crippen molar-refractivity contribution in [2.45, 2.75) is 6.42 Å². The van der Waals surface area contributed by atoms with E-state index in [4.69, 9.17) is 16.3 Å². The molecule has 0 fully saturated rings. The number of hydrogen-bond acceptors (Lipinski definition) is 3. The van der Waals surface area contributed by atoms with Gasteiger partial charge in [0.1, 0.15) is 0 Å². The molecule has 0 saturated heterocycles. The molecule has 106 valence electrons. The first-order valence-corrected chi connectivity index (χ1v) is 6.80. The van der Waals surface area contributed by atoms with E-state index in [-0.39, 0.29) is 5.91 Å². The number of amides is 1. The van der Waals surface area contributed by atoms with Crippen molar-refractivity contribution >= 4 is 28.4 Å². The average molecular weight is 293 g/mol. The molecule has 0 radical (unpaired) electrons. The molecule has 1 aromatic heterocycles. The van der Waals surface area contributed by atoms with E-state index in [1.165, 1.54) is 0 Å². The quantitative estimate of drug-likeness (QED) is 0.796. The standard InChI is InChI=1S/C15H17ClN2O2/c1-18(9-4-10-20-2)15(19)12-6-7-13(16)11-5-3-8-17-14(11)12/h3,5-8H,4,9-10H2,1-2H3. The van der Waals surface area contributed by atoms with Crippen LogP contribution in [0.4, 0.5) is 0 Å². The summed E-state index contributed by atoms with van der Waals surface area (Å²) in [6.07, 6.45) is 2.47. The Morgan fingerprint density at radius 3 is 2.95 bits per heavy atom. The maximum absolute atomic E-state index is 12.5. The molecule has 0 spiro atoms. The van der Waals surface area contributed by atoms with Gasteiger partial charge in [0.2, 0.25) is 0 Å². The highest BCUT2D eigenvalue weighted by atomic mass is 35.5. The lowest BCUT2D eigenvalue weighted by molar-refractivity contribution is 0.0781. The summed E-state index contributed by atoms with van der Waals surface area (Å²) in [5.74, 6) is -0.0542. The number of carbonyl (C=O) groups is 1. The molecule has 0 N–H and O–H groups in total. The monoisotopic (exact) mass is 292 g/mol. The second kappa shape index (κ2) is 6.68. The minimum absolute atomic E-state index is 0.0542. The van der Waals surface area contributed by atoms with Crippen LogP contribution in [-0.2, 0) is 4.74 Å². The van der Waals surface area contributed by atoms with Gasteiger partial charge >= 0.3 is 0 Å². The summed E-state index contributed by atoms with van der Waals surface area (Å²) in [7, 11) is 3.43. The van der Waals surface area contributed by atoms with Gasteiger partial charge in [-0.25, -0.2) is 0 Å². The number of halogens is 1. The predicted octanol–water partition coefficient (Wildman–Crippen LogP) is 3.00. The summed E-state index contributed by atoms with van der Waals surface area (Å²) in [6.45, 7) is 1.28. The molecule has 0 atom stereocenters. The molecule has 0 unspecified atom stereocenters. The number of pyridine rings is 1. The SMILES string of the molecule is COCCCN(C)C(=O)c1ccc(Cl)c2cccnc12. The first-order chi connectivity index (χ1) is 9.65. The minimum Gasteiger partial charge on any atom is -0.385 e. The number of rotatable bonds is 5. The Morgan fingerprint density at radius 1 is 1.40 bits per heavy atom. The van der Waals surface area contributed by atoms with Crippen LogP contribution in [0.1, 0.15) is 16.8 Å². The molecule has 0 aliphatic rings. The molecular weight excluding hydrogens is 276 g/mol. The van der Waals surface area contributed by atoms with Crippen molar-refractivity contribution in [2.24, 2.45) is 0 Å². The fourth-order valence-corrected chi connectivity index (χ4v) is 2.28. The van der Waals surface area contributed by atoms with Crippen molar-refractivity contribution in [2.75, 3.05) is 27.3 Å². The molecule has 0 aliphatic heterocycles. The normalized spacial score (nSPS) is 10.8. The summed E-state index contributed by atoms with van der Waals surface area (Å²) in [5.41, 5.74) is 1.22. The Hall–Kier alpha value is -1.65. The fourth-order valence-electron chi connectivity index (χ4n) is 2.06. The summed E-state index contributed by atoms with van der Waals surface area (Å²) in [4.78, 5) is 18.4. The highest BCUT2D eigenvalue weighted by Gasteiger charge is 2.16. The summed E-state index contributed by atoms with van der Waals surface area (Å²) < 4.78 is 5.00. The van der Waals surface area contributed by atoms with Gasteiger partial charge in [-0.1, -0.05) is 11.6 Å². The van der Waals surface area contributed by atoms with E-state index < -0.39 is 0 Å². The van der Waals surface area contributed by atoms with Crippen molar-refractivity contribution < 1.29 is 9.53 Å². The Bertz CT molecular complexity index is 616. The van der Waals surface area contributed by atoms with Crippen LogP contribution in [0.3, 0.4) is 0 Å². The Balaban J connectivity index is 2.28. The van der Waals surface area contributed by atoms with E-state index >= 15 is 0 Å². The van der Waals surface area contributed by atoms with Gasteiger partial charge in [0.15, 0.2) is 0 Å². The summed E-state index contributed by atoms with van der Waals surface area (Å²) in [6, 6.07) is 7.14. The van der Waals surface area contributed by atoms with Gasteiger partial charge in [0.25, 0.3) is 5.91 Å². The van der Waals surface area contributed by atoms with Gasteiger partial charge in [-0.3, -0.25) is 9.78 Å². The number of aromatic nitrogens is 1. The van der Waals surface area contributed by atoms with Gasteiger partial charge in [-0.2, -0.15) is 0 Å². The van der Waals surface area contributed by atoms with Gasteiger partial charge in [-0.05, 0) is 30.7 Å². The average Bonchev–Trinajstić information content (AvgIpc) is 2.47. The van der Waals surface area contributed by atoms with E-state index in [1.807, 2.05) is 12.1 Å². The Kier molecular flexibility index (Phi) is 4.93. The molecule has 2 rings (SSSR count). The number of benzene rings is 1. The van der Waals surface area contributed by atoms with E-state index in [1.54, 1.807) is 37.4 Å². The summed E-state index contributed by atoms with van der Waals surface area (Å²) in [5, 5.41) is 1.40. The topological polar surface area (TPSA) is 42.4 Å². The van der Waals surface area contributed by atoms with E-state index in [9.17, 15) is 4.79 Å². The van der Waals surface area contributed by atoms with Crippen LogP contribution < -0.4 is 0 Å². The highest BCUT2D eigenvalue weighted by molar-refractivity contribution is 6.35. The van der Waals surface area contributed by atoms with Crippen molar-refractivity contribution in [1.82, 2.24) is 9.88 Å². The molecule has 1 aromatic carbocycles. The largest absolute Gasteiger partial charge is 0.385 e. The van der Waals surface area contributed by atoms with Crippen LogP contribution in [0.25, 0.3) is 10.9 Å². The fraction of sp³-hybridized carbons (Fsp3) is 0.333. The number of ether oxygens (including phenoxy) is 1. The molecule has 0 bridgehead atoms. The van der Waals surface area contributed by atoms with Gasteiger partial charge in [0.05, 0.1) is 16.1 Å². The molecule has 0 saturated carbocycles. The smallest absolute Gasteiger partial charge is 0.255 e. The van der Waals surface area contributed by atoms with E-state index in [0.717, 1.165) is 11.8 Å². The molecule has 5 heteroatoms. The van der Waals surface area contributed by atoms with Crippen LogP contribution in [0, 0.1) is 0 Å². The van der Waals surface area contributed by atoms with Crippen molar-refractivity contribution in [3.8, 4) is 0 Å². The van der Waals surface area contributed by atoms with Crippen LogP contribution in [0.2, 0.25) is 5.02 Å². The predicted molar refractivity (Wildman–Crippen MR) is 80.2 cm³/mol. The minimum atomic E-state index is -0.0542. The molecule has 4 nitrogen and oxygen atoms in total. The first kappa shape index (κ1) is 14.8. The number of nitrogens with zero attached hydrogens (tertiary/aromatic N) is 2. The third kappa shape index (κ3) is 3.08. The van der Waals surface area contributed by atoms with Crippen molar-refractivity contribution in [3.63, 3.8) is 0 Å². The number of carbonyl (C=O) groups excluding carboxylic acids is 1. The van der Waals surface area contributed by atoms with Gasteiger partial charge < -0.3 is 9.64 Å². The highest BCUT2D eigenvalue weighted by Crippen LogP contribution is 2.25. The molecule has 1 amide bonds. The number of fused-ring (bicyclic) bond motifs is 1. The second-order valence-corrected chi connectivity index (χ2v) is 4.97. The van der Waals surface area contributed by atoms with Crippen molar-refractivity contribution in [1.29, 1.82) is 0 Å². The Morgan fingerprint density at radius 2 is 2.20 bits per heavy atom. The summed E-state index contributed by atoms with van der Waals surface area (Å²) >= 11 is 6.13. The molecule has 20 heavy (non-hydrogen) atoms. The molecular formula is C15H17ClN2O2. The van der Waals surface area contributed by atoms with Crippen LogP contribution >= 0.6 is 11.6 Å². The maximum atomic E-state index is 12.5. The lowest BCUT2D eigenvalue weighted by atomic mass is 10.1. The van der Waals surface area contributed by atoms with Crippen molar-refractivity contribution in [3.05, 3.63) is 41.0 Å². The third-order valence-electron chi connectivity index (χ3n) is 3.14. The number of hydrogen-bond donors (Lipinski definition) is 0. The first-order valence-electron chi connectivity index (χ1n) is 6.42. The van der Waals surface area contributed by atoms with Gasteiger partial charge in [0, 0.05) is 38.9 Å². The second-order valence-electron chi connectivity index (χ2n) is 4.57. The zero-order valence-corrected chi connectivity index (χ0v) is 12.4. The molecule has 1 heterocycles. The maximum Gasteiger partial charge on any atom is 0.255 e. The van der Waals surface area contributed by atoms with Crippen LogP contribution in [-0.4, -0.2) is 43.1 Å². The zero-order chi connectivity index (χ0) is 14.5. The zero-order valence-electron chi connectivity index (χ0n) is 11.6. The van der Waals surface area contributed by atoms with Gasteiger partial charge in [-0.15, -0.1) is 0 Å².